The van der Waals surface area contributed by atoms with Gasteiger partial charge in [0.2, 0.25) is 13.5 Å². The van der Waals surface area contributed by atoms with Gasteiger partial charge >= 0.3 is 12.2 Å². The summed E-state index contributed by atoms with van der Waals surface area (Å²) >= 11 is 0. The molecule has 0 saturated carbocycles. The van der Waals surface area contributed by atoms with E-state index < -0.39 is 12.2 Å². The van der Waals surface area contributed by atoms with Gasteiger partial charge < -0.3 is 29.2 Å². The smallest absolute Gasteiger partial charge is 0.404 e. The van der Waals surface area contributed by atoms with Gasteiger partial charge in [-0.1, -0.05) is 84.9 Å². The fourth-order valence-corrected chi connectivity index (χ4v) is 4.09. The number of ether oxygens (including phenoxy) is 2. The molecule has 2 N–H and O–H groups in total. The summed E-state index contributed by atoms with van der Waals surface area (Å²) in [5, 5.41) is 5.61. The molecule has 0 aliphatic heterocycles. The van der Waals surface area contributed by atoms with Crippen molar-refractivity contribution < 1.29 is 93.6 Å². The zero-order valence-electron chi connectivity index (χ0n) is 25.8. The summed E-state index contributed by atoms with van der Waals surface area (Å²) in [6.07, 6.45) is 8.02. The maximum absolute atomic E-state index is 11.7. The summed E-state index contributed by atoms with van der Waals surface area (Å²) in [4.78, 5) is 23.4. The Morgan fingerprint density at radius 2 is 1.00 bits per heavy atom. The molecular weight excluding hydrogens is 706 g/mol. The van der Waals surface area contributed by atoms with Crippen molar-refractivity contribution in [1.29, 1.82) is 0 Å². The maximum Gasteiger partial charge on any atom is 0.404 e. The molecule has 4 rings (SSSR count). The number of amides is 2. The van der Waals surface area contributed by atoms with Crippen molar-refractivity contribution in [2.24, 2.45) is 0 Å². The van der Waals surface area contributed by atoms with E-state index in [2.05, 4.69) is 10.6 Å². The third-order valence-electron chi connectivity index (χ3n) is 6.00. The van der Waals surface area contributed by atoms with Crippen molar-refractivity contribution >= 4 is 12.2 Å². The van der Waals surface area contributed by atoms with Crippen LogP contribution in [0.25, 0.3) is 0 Å². The van der Waals surface area contributed by atoms with E-state index in [9.17, 15) is 9.59 Å². The first kappa shape index (κ1) is 39.3. The normalized spacial score (nSPS) is 11.0. The van der Waals surface area contributed by atoms with Crippen LogP contribution in [0.4, 0.5) is 9.59 Å². The minimum Gasteiger partial charge on any atom is -0.423 e. The van der Waals surface area contributed by atoms with Crippen molar-refractivity contribution in [3.63, 3.8) is 0 Å². The largest absolute Gasteiger partial charge is 0.423 e. The van der Waals surface area contributed by atoms with Crippen LogP contribution in [0.3, 0.4) is 0 Å². The molecule has 0 aliphatic rings. The van der Waals surface area contributed by atoms with Gasteiger partial charge in [0.1, 0.15) is 0 Å². The number of carbonyl (C=O) groups excluding carboxylic acids is 2. The third-order valence-corrected chi connectivity index (χ3v) is 6.00. The second-order valence-corrected chi connectivity index (χ2v) is 10.1. The van der Waals surface area contributed by atoms with Crippen molar-refractivity contribution in [2.75, 3.05) is 0 Å². The van der Waals surface area contributed by atoms with Crippen LogP contribution in [0, 0.1) is 27.3 Å². The molecule has 0 fully saturated rings. The van der Waals surface area contributed by atoms with Crippen LogP contribution in [0.1, 0.15) is 36.1 Å². The average molecular weight is 747 g/mol. The number of aryl methyl sites for hydroxylation is 2. The SMILES string of the molecule is Cc1ccc[n+]([CH-]OC(=O)N[C@@H](C)Cc2ccccc2)c1.Cc1ccc[n+]([CH-]OC(=O)N[C@@H](C)Cc2ccccc2)c1.[Y].[Y]. The summed E-state index contributed by atoms with van der Waals surface area (Å²) < 4.78 is 13.6. The first-order valence-electron chi connectivity index (χ1n) is 13.9. The summed E-state index contributed by atoms with van der Waals surface area (Å²) in [6, 6.07) is 27.8. The quantitative estimate of drug-likeness (QED) is 0.173. The van der Waals surface area contributed by atoms with E-state index in [4.69, 9.17) is 9.47 Å². The van der Waals surface area contributed by atoms with E-state index in [1.54, 1.807) is 9.13 Å². The average Bonchev–Trinajstić information content (AvgIpc) is 2.96. The first-order chi connectivity index (χ1) is 20.3. The van der Waals surface area contributed by atoms with Crippen LogP contribution in [0.5, 0.6) is 0 Å². The Labute approximate surface area is 311 Å². The number of rotatable bonds is 10. The summed E-state index contributed by atoms with van der Waals surface area (Å²) in [5.41, 5.74) is 4.55. The van der Waals surface area contributed by atoms with Gasteiger partial charge in [0.25, 0.3) is 0 Å². The van der Waals surface area contributed by atoms with Gasteiger partial charge in [0.05, 0.1) is 24.8 Å². The molecular formula is C34H40N4O4Y2. The maximum atomic E-state index is 11.7. The minimum absolute atomic E-state index is 0. The minimum atomic E-state index is -0.451. The van der Waals surface area contributed by atoms with E-state index in [0.29, 0.717) is 0 Å². The molecule has 8 nitrogen and oxygen atoms in total. The molecule has 0 unspecified atom stereocenters. The van der Waals surface area contributed by atoms with Crippen LogP contribution in [-0.2, 0) is 87.7 Å². The predicted molar refractivity (Wildman–Crippen MR) is 161 cm³/mol. The number of alkyl carbamates (subject to hydrolysis) is 2. The second kappa shape index (κ2) is 21.8. The standard InChI is InChI=1S/2C17H20N2O2.2Y/c2*1-14-7-6-10-19(12-14)13-21-17(20)18-15(2)11-16-8-4-3-5-9-16;;/h2*3-10,12-13,15H,11H2,1-2H3,(H,18,20);;/t2*15-;;/m00../s1. The zero-order chi connectivity index (χ0) is 30.2. The fourth-order valence-electron chi connectivity index (χ4n) is 4.09. The molecule has 2 aromatic heterocycles. The number of nitrogens with zero attached hydrogens (tertiary/aromatic N) is 2. The van der Waals surface area contributed by atoms with E-state index in [1.165, 1.54) is 24.6 Å². The summed E-state index contributed by atoms with van der Waals surface area (Å²) in [6.45, 7) is 10.6. The Morgan fingerprint density at radius 1 is 0.636 bits per heavy atom. The van der Waals surface area contributed by atoms with Gasteiger partial charge in [-0.3, -0.25) is 0 Å². The van der Waals surface area contributed by atoms with Crippen LogP contribution in [0.15, 0.2) is 110 Å². The molecule has 0 aliphatic carbocycles. The van der Waals surface area contributed by atoms with Crippen LogP contribution in [-0.4, -0.2) is 24.3 Å². The van der Waals surface area contributed by atoms with Gasteiger partial charge in [0.15, 0.2) is 0 Å². The van der Waals surface area contributed by atoms with Gasteiger partial charge in [-0.05, 0) is 62.8 Å². The van der Waals surface area contributed by atoms with Gasteiger partial charge in [-0.25, -0.2) is 9.59 Å². The monoisotopic (exact) mass is 746 g/mol. The van der Waals surface area contributed by atoms with Crippen molar-refractivity contribution in [1.82, 2.24) is 10.6 Å². The predicted octanol–water partition coefficient (Wildman–Crippen LogP) is 5.21. The van der Waals surface area contributed by atoms with Crippen LogP contribution < -0.4 is 19.8 Å². The third kappa shape index (κ3) is 16.3. The van der Waals surface area contributed by atoms with E-state index in [0.717, 1.165) is 24.0 Å². The zero-order valence-corrected chi connectivity index (χ0v) is 31.5. The topological polar surface area (TPSA) is 84.4 Å². The molecule has 2 aromatic carbocycles. The van der Waals surface area contributed by atoms with E-state index in [1.807, 2.05) is 137 Å². The number of aromatic nitrogens is 2. The molecule has 2 atom stereocenters. The second-order valence-electron chi connectivity index (χ2n) is 10.1. The molecule has 0 saturated heterocycles. The number of hydrogen-bond acceptors (Lipinski definition) is 4. The molecule has 44 heavy (non-hydrogen) atoms. The van der Waals surface area contributed by atoms with Crippen molar-refractivity contribution in [2.45, 2.75) is 52.6 Å². The van der Waals surface area contributed by atoms with Gasteiger partial charge in [-0.15, -0.1) is 0 Å². The van der Waals surface area contributed by atoms with Crippen molar-refractivity contribution in [3.8, 4) is 0 Å². The number of carbonyl (C=O) groups is 2. The Hall–Kier alpha value is -2.77. The van der Waals surface area contributed by atoms with E-state index in [-0.39, 0.29) is 77.5 Å². The Balaban J connectivity index is 0.000000421. The molecule has 2 radical (unpaired) electrons. The number of pyridine rings is 2. The van der Waals surface area contributed by atoms with Crippen molar-refractivity contribution in [3.05, 3.63) is 145 Å². The molecule has 4 aromatic rings. The molecule has 0 bridgehead atoms. The van der Waals surface area contributed by atoms with Crippen LogP contribution >= 0.6 is 0 Å². The molecule has 2 amide bonds. The Morgan fingerprint density at radius 3 is 1.34 bits per heavy atom. The number of benzene rings is 2. The number of hydrogen-bond donors (Lipinski definition) is 2. The molecule has 226 valence electrons. The molecule has 0 spiro atoms. The molecule has 10 heteroatoms. The summed E-state index contributed by atoms with van der Waals surface area (Å²) in [7, 11) is 0. The van der Waals surface area contributed by atoms with Gasteiger partial charge in [0, 0.05) is 77.5 Å². The Kier molecular flexibility index (Phi) is 19.5. The summed E-state index contributed by atoms with van der Waals surface area (Å²) in [5.74, 6) is 0. The van der Waals surface area contributed by atoms with E-state index >= 15 is 0 Å². The number of nitrogens with one attached hydrogen (secondary N) is 2. The van der Waals surface area contributed by atoms with Crippen LogP contribution in [0.2, 0.25) is 0 Å². The van der Waals surface area contributed by atoms with Gasteiger partial charge in [-0.2, -0.15) is 0 Å². The first-order valence-corrected chi connectivity index (χ1v) is 13.9. The molecule has 2 heterocycles. The Bertz CT molecular complexity index is 1290. The fraction of sp³-hybridized carbons (Fsp3) is 0.235.